The lowest BCUT2D eigenvalue weighted by Gasteiger charge is -2.22. The molecule has 0 amide bonds. The van der Waals surface area contributed by atoms with Gasteiger partial charge in [0.05, 0.1) is 11.3 Å². The largest absolute Gasteiger partial charge is 0.457 e. The molecule has 0 saturated heterocycles. The number of hydrogen-bond acceptors (Lipinski definition) is 5. The van der Waals surface area contributed by atoms with Crippen molar-refractivity contribution < 1.29 is 14.3 Å². The fraction of sp³-hybridized carbons (Fsp3) is 0.0741. The van der Waals surface area contributed by atoms with Gasteiger partial charge in [0.25, 0.3) is 0 Å². The predicted octanol–water partition coefficient (Wildman–Crippen LogP) is 5.10. The van der Waals surface area contributed by atoms with Gasteiger partial charge in [-0.3, -0.25) is 9.59 Å². The summed E-state index contributed by atoms with van der Waals surface area (Å²) >= 11 is 0. The molecule has 0 saturated carbocycles. The van der Waals surface area contributed by atoms with Crippen LogP contribution < -0.4 is 10.9 Å². The van der Waals surface area contributed by atoms with Gasteiger partial charge >= 0.3 is 5.97 Å². The van der Waals surface area contributed by atoms with Gasteiger partial charge in [-0.25, -0.2) is 4.79 Å². The molecule has 0 aliphatic heterocycles. The smallest absolute Gasteiger partial charge is 0.333 e. The number of carbonyl (C=O) groups excluding carboxylic acids is 2. The van der Waals surface area contributed by atoms with E-state index in [1.165, 1.54) is 0 Å². The standard InChI is InChI=1S/C27H20N2O4/c1-15(2)27(32)33-14-16-7-9-17(10-8-16)28-22-12-11-21-24-20(13-23(30)29-21)18-5-3-4-6-19(18)26(31)25(22)24/h3-13,28H,1,14H2,2H3,(H,29,30). The minimum absolute atomic E-state index is 0.0958. The highest BCUT2D eigenvalue weighted by atomic mass is 16.5. The van der Waals surface area contributed by atoms with E-state index in [0.717, 1.165) is 27.8 Å². The number of fused-ring (bicyclic) bond motifs is 2. The maximum Gasteiger partial charge on any atom is 0.333 e. The van der Waals surface area contributed by atoms with Crippen molar-refractivity contribution in [3.05, 3.63) is 106 Å². The summed E-state index contributed by atoms with van der Waals surface area (Å²) in [5.74, 6) is -0.526. The van der Waals surface area contributed by atoms with E-state index in [1.54, 1.807) is 31.2 Å². The molecule has 0 unspecified atom stereocenters. The Morgan fingerprint density at radius 3 is 2.42 bits per heavy atom. The van der Waals surface area contributed by atoms with E-state index in [-0.39, 0.29) is 17.9 Å². The van der Waals surface area contributed by atoms with Crippen molar-refractivity contribution >= 4 is 34.0 Å². The lowest BCUT2D eigenvalue weighted by molar-refractivity contribution is -0.140. The summed E-state index contributed by atoms with van der Waals surface area (Å²) in [7, 11) is 0. The number of aromatic nitrogens is 1. The number of benzene rings is 3. The van der Waals surface area contributed by atoms with Gasteiger partial charge in [0.2, 0.25) is 5.56 Å². The van der Waals surface area contributed by atoms with E-state index in [9.17, 15) is 14.4 Å². The van der Waals surface area contributed by atoms with Crippen LogP contribution in [0.2, 0.25) is 0 Å². The molecule has 3 aromatic carbocycles. The summed E-state index contributed by atoms with van der Waals surface area (Å²) in [4.78, 5) is 40.1. The Kier molecular flexibility index (Phi) is 4.90. The van der Waals surface area contributed by atoms with Crippen molar-refractivity contribution in [3.8, 4) is 11.1 Å². The quantitative estimate of drug-likeness (QED) is 0.296. The second kappa shape index (κ2) is 7.91. The minimum atomic E-state index is -0.430. The average Bonchev–Trinajstić information content (AvgIpc) is 2.82. The summed E-state index contributed by atoms with van der Waals surface area (Å²) in [6.07, 6.45) is 0. The number of ether oxygens (including phenoxy) is 1. The van der Waals surface area contributed by atoms with Crippen LogP contribution in [-0.2, 0) is 16.1 Å². The fourth-order valence-electron chi connectivity index (χ4n) is 4.07. The van der Waals surface area contributed by atoms with Crippen LogP contribution in [0.5, 0.6) is 0 Å². The average molecular weight is 436 g/mol. The topological polar surface area (TPSA) is 88.3 Å². The van der Waals surface area contributed by atoms with Crippen molar-refractivity contribution in [2.45, 2.75) is 13.5 Å². The summed E-state index contributed by atoms with van der Waals surface area (Å²) in [5.41, 5.74) is 5.62. The van der Waals surface area contributed by atoms with Crippen molar-refractivity contribution in [1.29, 1.82) is 0 Å². The van der Waals surface area contributed by atoms with Crippen LogP contribution in [-0.4, -0.2) is 16.7 Å². The number of anilines is 2. The molecule has 1 aliphatic carbocycles. The van der Waals surface area contributed by atoms with E-state index < -0.39 is 5.97 Å². The number of aromatic amines is 1. The molecule has 0 radical (unpaired) electrons. The molecule has 1 aliphatic rings. The van der Waals surface area contributed by atoms with Gasteiger partial charge in [-0.05, 0) is 47.9 Å². The van der Waals surface area contributed by atoms with Crippen LogP contribution in [0.15, 0.2) is 83.7 Å². The van der Waals surface area contributed by atoms with Crippen LogP contribution >= 0.6 is 0 Å². The molecule has 4 aromatic rings. The number of ketones is 1. The van der Waals surface area contributed by atoms with Gasteiger partial charge < -0.3 is 15.0 Å². The zero-order valence-corrected chi connectivity index (χ0v) is 17.9. The highest BCUT2D eigenvalue weighted by Gasteiger charge is 2.28. The number of pyridine rings is 1. The molecule has 0 bridgehead atoms. The molecule has 1 heterocycles. The molecule has 2 N–H and O–H groups in total. The number of H-pyrrole nitrogens is 1. The third-order valence-electron chi connectivity index (χ3n) is 5.65. The maximum atomic E-state index is 13.5. The van der Waals surface area contributed by atoms with Gasteiger partial charge in [-0.2, -0.15) is 0 Å². The van der Waals surface area contributed by atoms with Gasteiger partial charge in [-0.1, -0.05) is 43.0 Å². The normalized spacial score (nSPS) is 11.7. The molecule has 1 aromatic heterocycles. The van der Waals surface area contributed by atoms with E-state index in [0.29, 0.717) is 27.9 Å². The molecule has 0 fully saturated rings. The van der Waals surface area contributed by atoms with Gasteiger partial charge in [0, 0.05) is 33.8 Å². The van der Waals surface area contributed by atoms with Crippen LogP contribution in [0.4, 0.5) is 11.4 Å². The third kappa shape index (κ3) is 3.61. The van der Waals surface area contributed by atoms with E-state index in [1.807, 2.05) is 42.5 Å². The number of esters is 1. The number of nitrogens with one attached hydrogen (secondary N) is 2. The molecular formula is C27H20N2O4. The van der Waals surface area contributed by atoms with Crippen molar-refractivity contribution in [2.24, 2.45) is 0 Å². The van der Waals surface area contributed by atoms with Crippen LogP contribution in [0.25, 0.3) is 22.0 Å². The lowest BCUT2D eigenvalue weighted by atomic mass is 9.83. The Hall–Kier alpha value is -4.45. The lowest BCUT2D eigenvalue weighted by Crippen LogP contribution is -2.16. The zero-order valence-electron chi connectivity index (χ0n) is 17.9. The zero-order chi connectivity index (χ0) is 23.1. The van der Waals surface area contributed by atoms with Crippen LogP contribution in [0.1, 0.15) is 28.4 Å². The second-order valence-corrected chi connectivity index (χ2v) is 8.01. The Morgan fingerprint density at radius 1 is 0.970 bits per heavy atom. The molecule has 0 spiro atoms. The molecular weight excluding hydrogens is 416 g/mol. The van der Waals surface area contributed by atoms with Crippen LogP contribution in [0.3, 0.4) is 0 Å². The van der Waals surface area contributed by atoms with Crippen molar-refractivity contribution in [1.82, 2.24) is 4.98 Å². The summed E-state index contributed by atoms with van der Waals surface area (Å²) in [6, 6.07) is 19.9. The Morgan fingerprint density at radius 2 is 1.70 bits per heavy atom. The Labute approximate surface area is 189 Å². The molecule has 162 valence electrons. The first-order chi connectivity index (χ1) is 15.9. The molecule has 6 heteroatoms. The SMILES string of the molecule is C=C(C)C(=O)OCc1ccc(Nc2ccc3[nH]c(=O)cc4c3c2C(=O)c2ccccc2-4)cc1. The number of hydrogen-bond donors (Lipinski definition) is 2. The van der Waals surface area contributed by atoms with Crippen molar-refractivity contribution in [2.75, 3.05) is 5.32 Å². The Bertz CT molecular complexity index is 1510. The molecule has 6 nitrogen and oxygen atoms in total. The highest BCUT2D eigenvalue weighted by Crippen LogP contribution is 2.41. The maximum absolute atomic E-state index is 13.5. The first-order valence-corrected chi connectivity index (χ1v) is 10.4. The summed E-state index contributed by atoms with van der Waals surface area (Å²) in [6.45, 7) is 5.33. The highest BCUT2D eigenvalue weighted by molar-refractivity contribution is 6.28. The minimum Gasteiger partial charge on any atom is -0.457 e. The first kappa shape index (κ1) is 20.5. The number of rotatable bonds is 5. The first-order valence-electron chi connectivity index (χ1n) is 10.4. The molecule has 5 rings (SSSR count). The summed E-state index contributed by atoms with van der Waals surface area (Å²) < 4.78 is 5.18. The molecule has 33 heavy (non-hydrogen) atoms. The monoisotopic (exact) mass is 436 g/mol. The van der Waals surface area contributed by atoms with E-state index in [2.05, 4.69) is 16.9 Å². The van der Waals surface area contributed by atoms with Crippen LogP contribution in [0, 0.1) is 0 Å². The Balaban J connectivity index is 1.52. The van der Waals surface area contributed by atoms with Crippen molar-refractivity contribution in [3.63, 3.8) is 0 Å². The third-order valence-corrected chi connectivity index (χ3v) is 5.65. The number of carbonyl (C=O) groups is 2. The summed E-state index contributed by atoms with van der Waals surface area (Å²) in [5, 5.41) is 4.06. The van der Waals surface area contributed by atoms with Gasteiger partial charge in [-0.15, -0.1) is 0 Å². The second-order valence-electron chi connectivity index (χ2n) is 8.01. The van der Waals surface area contributed by atoms with E-state index in [4.69, 9.17) is 4.74 Å². The predicted molar refractivity (Wildman–Crippen MR) is 128 cm³/mol. The van der Waals surface area contributed by atoms with Gasteiger partial charge in [0.15, 0.2) is 5.78 Å². The van der Waals surface area contributed by atoms with E-state index >= 15 is 0 Å². The van der Waals surface area contributed by atoms with Gasteiger partial charge in [0.1, 0.15) is 6.61 Å². The molecule has 0 atom stereocenters. The fourth-order valence-corrected chi connectivity index (χ4v) is 4.07.